The smallest absolute Gasteiger partial charge is 0.329 e. The zero-order valence-electron chi connectivity index (χ0n) is 14.2. The number of alkyl halides is 1. The van der Waals surface area contributed by atoms with Crippen LogP contribution in [-0.4, -0.2) is 45.6 Å². The van der Waals surface area contributed by atoms with Crippen molar-refractivity contribution in [2.45, 2.75) is 28.9 Å². The molecule has 27 heavy (non-hydrogen) atoms. The SMILES string of the molecule is COc1ccc(C2OC[C@H]3S[C@@H](n4ccc(=O)[nH]c4=O)[C@@](O)(F)[C@@H]3O2)cc1. The zero-order chi connectivity index (χ0) is 19.2. The van der Waals surface area contributed by atoms with Crippen LogP contribution in [0.1, 0.15) is 17.2 Å². The van der Waals surface area contributed by atoms with E-state index in [0.29, 0.717) is 11.3 Å². The molecule has 0 radical (unpaired) electrons. The maximum atomic E-state index is 15.3. The summed E-state index contributed by atoms with van der Waals surface area (Å²) in [5.74, 6) is -2.17. The number of rotatable bonds is 3. The molecule has 8 nitrogen and oxygen atoms in total. The number of aliphatic hydroxyl groups is 1. The standard InChI is InChI=1S/C17H17FN2O6S/c1-24-10-4-2-9(3-5-10)14-25-8-11-13(26-14)17(18,23)15(27-11)20-7-6-12(21)19-16(20)22/h2-7,11,13-15,23H,8H2,1H3,(H,19,21,22)/t11-,13-,14?,15-,17-/m1/s1. The summed E-state index contributed by atoms with van der Waals surface area (Å²) in [5.41, 5.74) is -0.750. The van der Waals surface area contributed by atoms with Gasteiger partial charge in [-0.2, -0.15) is 0 Å². The van der Waals surface area contributed by atoms with Gasteiger partial charge in [0.2, 0.25) is 0 Å². The summed E-state index contributed by atoms with van der Waals surface area (Å²) in [4.78, 5) is 25.3. The molecule has 5 atom stereocenters. The topological polar surface area (TPSA) is 103 Å². The van der Waals surface area contributed by atoms with Gasteiger partial charge in [-0.1, -0.05) is 12.1 Å². The Bertz CT molecular complexity index is 943. The molecule has 0 aliphatic carbocycles. The van der Waals surface area contributed by atoms with Crippen LogP contribution in [0.3, 0.4) is 0 Å². The van der Waals surface area contributed by atoms with Crippen LogP contribution in [0.2, 0.25) is 0 Å². The average molecular weight is 396 g/mol. The van der Waals surface area contributed by atoms with Gasteiger partial charge in [-0.05, 0) is 12.1 Å². The molecule has 0 bridgehead atoms. The number of ether oxygens (including phenoxy) is 3. The fourth-order valence-corrected chi connectivity index (χ4v) is 4.71. The summed E-state index contributed by atoms with van der Waals surface area (Å²) in [7, 11) is 1.55. The lowest BCUT2D eigenvalue weighted by atomic mass is 10.1. The molecule has 4 rings (SSSR count). The molecule has 1 aromatic heterocycles. The van der Waals surface area contributed by atoms with Crippen LogP contribution in [0, 0.1) is 0 Å². The van der Waals surface area contributed by atoms with Crippen molar-refractivity contribution < 1.29 is 23.7 Å². The highest BCUT2D eigenvalue weighted by molar-refractivity contribution is 8.00. The predicted octanol–water partition coefficient (Wildman–Crippen LogP) is 0.931. The highest BCUT2D eigenvalue weighted by Gasteiger charge is 2.60. The monoisotopic (exact) mass is 396 g/mol. The van der Waals surface area contributed by atoms with Crippen molar-refractivity contribution in [2.24, 2.45) is 0 Å². The van der Waals surface area contributed by atoms with E-state index in [1.165, 1.54) is 0 Å². The minimum absolute atomic E-state index is 0.132. The summed E-state index contributed by atoms with van der Waals surface area (Å²) in [6.45, 7) is 0.132. The second-order valence-corrected chi connectivity index (χ2v) is 7.59. The van der Waals surface area contributed by atoms with E-state index >= 15 is 4.39 Å². The van der Waals surface area contributed by atoms with Gasteiger partial charge >= 0.3 is 5.69 Å². The van der Waals surface area contributed by atoms with E-state index in [2.05, 4.69) is 4.98 Å². The lowest BCUT2D eigenvalue weighted by molar-refractivity contribution is -0.282. The maximum absolute atomic E-state index is 15.3. The van der Waals surface area contributed by atoms with Gasteiger partial charge in [0.25, 0.3) is 11.4 Å². The third kappa shape index (κ3) is 3.18. The van der Waals surface area contributed by atoms with E-state index in [1.807, 2.05) is 0 Å². The van der Waals surface area contributed by atoms with E-state index in [4.69, 9.17) is 14.2 Å². The first-order valence-electron chi connectivity index (χ1n) is 8.19. The van der Waals surface area contributed by atoms with Crippen molar-refractivity contribution in [3.05, 3.63) is 62.9 Å². The first-order valence-corrected chi connectivity index (χ1v) is 9.13. The molecule has 2 N–H and O–H groups in total. The molecule has 3 heterocycles. The number of hydrogen-bond acceptors (Lipinski definition) is 7. The van der Waals surface area contributed by atoms with Crippen LogP contribution >= 0.6 is 11.8 Å². The number of aromatic nitrogens is 2. The fraction of sp³-hybridized carbons (Fsp3) is 0.412. The number of hydrogen-bond donors (Lipinski definition) is 2. The molecule has 1 aromatic carbocycles. The molecule has 2 aliphatic heterocycles. The molecule has 2 fully saturated rings. The maximum Gasteiger partial charge on any atom is 0.329 e. The molecule has 0 saturated carbocycles. The Labute approximate surface area is 156 Å². The van der Waals surface area contributed by atoms with Gasteiger partial charge < -0.3 is 19.3 Å². The Balaban J connectivity index is 1.59. The van der Waals surface area contributed by atoms with Crippen LogP contribution in [0.25, 0.3) is 0 Å². The van der Waals surface area contributed by atoms with Gasteiger partial charge in [-0.25, -0.2) is 9.18 Å². The van der Waals surface area contributed by atoms with Gasteiger partial charge in [0.1, 0.15) is 17.2 Å². The molecule has 2 aliphatic rings. The van der Waals surface area contributed by atoms with Crippen LogP contribution in [0.5, 0.6) is 5.75 Å². The molecular weight excluding hydrogens is 379 g/mol. The molecule has 1 unspecified atom stereocenters. The van der Waals surface area contributed by atoms with Crippen LogP contribution < -0.4 is 16.0 Å². The number of H-pyrrole nitrogens is 1. The average Bonchev–Trinajstić information content (AvgIpc) is 2.92. The van der Waals surface area contributed by atoms with Crippen molar-refractivity contribution >= 4 is 11.8 Å². The third-order valence-electron chi connectivity index (χ3n) is 4.56. The van der Waals surface area contributed by atoms with Gasteiger partial charge in [-0.15, -0.1) is 11.8 Å². The normalized spacial score (nSPS) is 32.9. The van der Waals surface area contributed by atoms with E-state index in [-0.39, 0.29) is 6.61 Å². The van der Waals surface area contributed by atoms with Crippen LogP contribution in [0.15, 0.2) is 46.1 Å². The third-order valence-corrected chi connectivity index (χ3v) is 6.11. The van der Waals surface area contributed by atoms with Gasteiger partial charge in [0.05, 0.1) is 19.0 Å². The Morgan fingerprint density at radius 3 is 2.74 bits per heavy atom. The quantitative estimate of drug-likeness (QED) is 0.796. The first kappa shape index (κ1) is 18.2. The molecule has 0 amide bonds. The fourth-order valence-electron chi connectivity index (χ4n) is 3.21. The minimum atomic E-state index is -2.83. The van der Waals surface area contributed by atoms with Gasteiger partial charge in [0.15, 0.2) is 6.29 Å². The summed E-state index contributed by atoms with van der Waals surface area (Å²) >= 11 is 1.02. The number of nitrogens with zero attached hydrogens (tertiary/aromatic N) is 1. The summed E-state index contributed by atoms with van der Waals surface area (Å²) in [6.07, 6.45) is -0.902. The molecule has 144 valence electrons. The van der Waals surface area contributed by atoms with E-state index in [0.717, 1.165) is 28.6 Å². The number of benzene rings is 1. The lowest BCUT2D eigenvalue weighted by Crippen LogP contribution is -2.49. The number of halogens is 1. The molecular formula is C17H17FN2O6S. The summed E-state index contributed by atoms with van der Waals surface area (Å²) < 4.78 is 32.7. The van der Waals surface area contributed by atoms with E-state index in [1.54, 1.807) is 31.4 Å². The molecule has 0 spiro atoms. The number of nitrogens with one attached hydrogen (secondary N) is 1. The lowest BCUT2D eigenvalue weighted by Gasteiger charge is -2.35. The highest BCUT2D eigenvalue weighted by atomic mass is 32.2. The van der Waals surface area contributed by atoms with Crippen molar-refractivity contribution in [2.75, 3.05) is 13.7 Å². The Kier molecular flexibility index (Phi) is 4.58. The van der Waals surface area contributed by atoms with Crippen molar-refractivity contribution in [3.8, 4) is 5.75 Å². The Morgan fingerprint density at radius 2 is 2.07 bits per heavy atom. The predicted molar refractivity (Wildman–Crippen MR) is 94.4 cm³/mol. The number of aromatic amines is 1. The van der Waals surface area contributed by atoms with E-state index in [9.17, 15) is 14.7 Å². The van der Waals surface area contributed by atoms with Gasteiger partial charge in [0, 0.05) is 17.8 Å². The number of thioether (sulfide) groups is 1. The van der Waals surface area contributed by atoms with Crippen LogP contribution in [-0.2, 0) is 9.47 Å². The largest absolute Gasteiger partial charge is 0.497 e. The Morgan fingerprint density at radius 1 is 1.33 bits per heavy atom. The van der Waals surface area contributed by atoms with Crippen LogP contribution in [0.4, 0.5) is 4.39 Å². The zero-order valence-corrected chi connectivity index (χ0v) is 15.0. The Hall–Kier alpha value is -2.14. The van der Waals surface area contributed by atoms with Gasteiger partial charge in [-0.3, -0.25) is 14.3 Å². The van der Waals surface area contributed by atoms with Crippen molar-refractivity contribution in [3.63, 3.8) is 0 Å². The molecule has 2 aromatic rings. The summed E-state index contributed by atoms with van der Waals surface area (Å²) in [6, 6.07) is 8.00. The number of fused-ring (bicyclic) bond motifs is 1. The second-order valence-electron chi connectivity index (χ2n) is 6.27. The molecule has 10 heteroatoms. The molecule has 2 saturated heterocycles. The van der Waals surface area contributed by atoms with Crippen molar-refractivity contribution in [1.82, 2.24) is 9.55 Å². The number of methoxy groups -OCH3 is 1. The first-order chi connectivity index (χ1) is 12.9. The van der Waals surface area contributed by atoms with Crippen molar-refractivity contribution in [1.29, 1.82) is 0 Å². The minimum Gasteiger partial charge on any atom is -0.497 e. The van der Waals surface area contributed by atoms with E-state index < -0.39 is 40.1 Å². The summed E-state index contributed by atoms with van der Waals surface area (Å²) in [5, 5.41) is 8.72. The second kappa shape index (κ2) is 6.79. The highest BCUT2D eigenvalue weighted by Crippen LogP contribution is 2.53.